The number of sulfonamides is 1. The Morgan fingerprint density at radius 2 is 1.92 bits per heavy atom. The van der Waals surface area contributed by atoms with Gasteiger partial charge >= 0.3 is 0 Å². The van der Waals surface area contributed by atoms with Gasteiger partial charge in [0.15, 0.2) is 0 Å². The summed E-state index contributed by atoms with van der Waals surface area (Å²) in [6.07, 6.45) is 6.42. The van der Waals surface area contributed by atoms with Crippen molar-refractivity contribution in [2.75, 3.05) is 44.8 Å². The topological polar surface area (TPSA) is 106 Å². The van der Waals surface area contributed by atoms with E-state index in [9.17, 15) is 8.42 Å². The third kappa shape index (κ3) is 7.13. The monoisotopic (exact) mass is 551 g/mol. The minimum Gasteiger partial charge on any atom is -0.494 e. The molecule has 5 rings (SSSR count). The highest BCUT2D eigenvalue weighted by Gasteiger charge is 2.42. The van der Waals surface area contributed by atoms with E-state index in [1.165, 1.54) is 12.6 Å². The first-order chi connectivity index (χ1) is 18.9. The van der Waals surface area contributed by atoms with Gasteiger partial charge in [0, 0.05) is 37.8 Å². The predicted molar refractivity (Wildman–Crippen MR) is 151 cm³/mol. The first kappa shape index (κ1) is 27.5. The van der Waals surface area contributed by atoms with Crippen LogP contribution in [0.25, 0.3) is 0 Å². The van der Waals surface area contributed by atoms with Crippen LogP contribution in [0.5, 0.6) is 5.75 Å². The number of hydrogen-bond acceptors (Lipinski definition) is 8. The van der Waals surface area contributed by atoms with Gasteiger partial charge in [-0.3, -0.25) is 0 Å². The summed E-state index contributed by atoms with van der Waals surface area (Å²) in [4.78, 5) is 11.9. The van der Waals surface area contributed by atoms with E-state index in [-0.39, 0.29) is 10.5 Å². The van der Waals surface area contributed by atoms with E-state index in [0.717, 1.165) is 63.4 Å². The van der Waals surface area contributed by atoms with Gasteiger partial charge < -0.3 is 19.7 Å². The fraction of sp³-hybridized carbons (Fsp3) is 0.448. The molecule has 2 fully saturated rings. The molecule has 0 radical (unpaired) electrons. The first-order valence-corrected chi connectivity index (χ1v) is 15.1. The number of ether oxygens (including phenoxy) is 2. The Morgan fingerprint density at radius 3 is 2.72 bits per heavy atom. The molecule has 2 aliphatic heterocycles. The summed E-state index contributed by atoms with van der Waals surface area (Å²) >= 11 is 0. The SMILES string of the molecule is CNS(=O)(=O)c1cccc(OCCCN[C@H]2COC3(CCN(c4nccc(Cc5ccccc5)n4)CC3)C2)c1. The minimum atomic E-state index is -3.48. The molecule has 39 heavy (non-hydrogen) atoms. The Hall–Kier alpha value is -3.05. The highest BCUT2D eigenvalue weighted by Crippen LogP contribution is 2.36. The van der Waals surface area contributed by atoms with Crippen LogP contribution in [0.1, 0.15) is 36.9 Å². The second kappa shape index (κ2) is 12.4. The summed E-state index contributed by atoms with van der Waals surface area (Å²) in [5.41, 5.74) is 2.21. The average Bonchev–Trinajstić information content (AvgIpc) is 3.36. The lowest BCUT2D eigenvalue weighted by Gasteiger charge is -2.38. The maximum absolute atomic E-state index is 12.0. The minimum absolute atomic E-state index is 0.0778. The van der Waals surface area contributed by atoms with Crippen LogP contribution in [0.15, 0.2) is 71.8 Å². The number of benzene rings is 2. The molecule has 9 nitrogen and oxygen atoms in total. The molecule has 208 valence electrons. The van der Waals surface area contributed by atoms with Crippen molar-refractivity contribution in [3.05, 3.63) is 78.1 Å². The number of rotatable bonds is 11. The molecule has 0 bridgehead atoms. The fourth-order valence-corrected chi connectivity index (χ4v) is 6.06. The maximum Gasteiger partial charge on any atom is 0.240 e. The lowest BCUT2D eigenvalue weighted by molar-refractivity contribution is -0.0151. The van der Waals surface area contributed by atoms with Crippen LogP contribution in [0.4, 0.5) is 5.95 Å². The number of aromatic nitrogens is 2. The van der Waals surface area contributed by atoms with E-state index in [0.29, 0.717) is 25.0 Å². The molecule has 0 aliphatic carbocycles. The zero-order valence-electron chi connectivity index (χ0n) is 22.4. The van der Waals surface area contributed by atoms with Crippen LogP contribution < -0.4 is 19.7 Å². The summed E-state index contributed by atoms with van der Waals surface area (Å²) in [7, 11) is -2.08. The highest BCUT2D eigenvalue weighted by molar-refractivity contribution is 7.89. The zero-order valence-corrected chi connectivity index (χ0v) is 23.2. The zero-order chi connectivity index (χ0) is 27.1. The van der Waals surface area contributed by atoms with E-state index < -0.39 is 10.0 Å². The molecule has 2 aromatic carbocycles. The molecular formula is C29H37N5O4S. The largest absolute Gasteiger partial charge is 0.494 e. The van der Waals surface area contributed by atoms with Gasteiger partial charge in [0.2, 0.25) is 16.0 Å². The normalized spacial score (nSPS) is 18.9. The van der Waals surface area contributed by atoms with Gasteiger partial charge in [-0.05, 0) is 63.0 Å². The van der Waals surface area contributed by atoms with E-state index in [4.69, 9.17) is 14.5 Å². The first-order valence-electron chi connectivity index (χ1n) is 13.6. The third-order valence-corrected chi connectivity index (χ3v) is 8.91. The summed E-state index contributed by atoms with van der Waals surface area (Å²) in [6, 6.07) is 19.3. The number of piperidine rings is 1. The molecule has 0 saturated carbocycles. The van der Waals surface area contributed by atoms with Crippen molar-refractivity contribution in [1.82, 2.24) is 20.0 Å². The van der Waals surface area contributed by atoms with Crippen molar-refractivity contribution < 1.29 is 17.9 Å². The van der Waals surface area contributed by atoms with Crippen LogP contribution in [-0.2, 0) is 21.2 Å². The Kier molecular flexibility index (Phi) is 8.76. The molecule has 0 amide bonds. The van der Waals surface area contributed by atoms with Gasteiger partial charge in [-0.1, -0.05) is 36.4 Å². The molecule has 10 heteroatoms. The van der Waals surface area contributed by atoms with E-state index >= 15 is 0 Å². The molecule has 0 unspecified atom stereocenters. The van der Waals surface area contributed by atoms with Crippen LogP contribution in [0, 0.1) is 0 Å². The molecule has 2 saturated heterocycles. The van der Waals surface area contributed by atoms with E-state index in [1.807, 2.05) is 18.3 Å². The lowest BCUT2D eigenvalue weighted by atomic mass is 9.87. The molecule has 3 aromatic rings. The third-order valence-electron chi connectivity index (χ3n) is 7.50. The summed E-state index contributed by atoms with van der Waals surface area (Å²) < 4.78 is 38.4. The molecule has 1 spiro atoms. The Bertz CT molecular complexity index is 1330. The molecule has 3 heterocycles. The molecule has 2 N–H and O–H groups in total. The van der Waals surface area contributed by atoms with Crippen molar-refractivity contribution >= 4 is 16.0 Å². The van der Waals surface area contributed by atoms with Crippen LogP contribution in [0.2, 0.25) is 0 Å². The maximum atomic E-state index is 12.0. The second-order valence-electron chi connectivity index (χ2n) is 10.2. The van der Waals surface area contributed by atoms with Gasteiger partial charge in [-0.25, -0.2) is 23.1 Å². The smallest absolute Gasteiger partial charge is 0.240 e. The van der Waals surface area contributed by atoms with Crippen molar-refractivity contribution in [3.63, 3.8) is 0 Å². The van der Waals surface area contributed by atoms with Gasteiger partial charge in [0.25, 0.3) is 0 Å². The number of anilines is 1. The van der Waals surface area contributed by atoms with Crippen LogP contribution >= 0.6 is 0 Å². The van der Waals surface area contributed by atoms with Gasteiger partial charge in [-0.15, -0.1) is 0 Å². The van der Waals surface area contributed by atoms with E-state index in [1.54, 1.807) is 24.3 Å². The quantitative estimate of drug-likeness (QED) is 0.350. The Labute approximate surface area is 231 Å². The van der Waals surface area contributed by atoms with Crippen molar-refractivity contribution in [2.24, 2.45) is 0 Å². The number of nitrogens with zero attached hydrogens (tertiary/aromatic N) is 3. The van der Waals surface area contributed by atoms with Crippen LogP contribution in [-0.4, -0.2) is 69.9 Å². The Morgan fingerprint density at radius 1 is 1.10 bits per heavy atom. The summed E-state index contributed by atoms with van der Waals surface area (Å²) in [5.74, 6) is 1.36. The summed E-state index contributed by atoms with van der Waals surface area (Å²) in [6.45, 7) is 3.81. The second-order valence-corrected chi connectivity index (χ2v) is 12.1. The van der Waals surface area contributed by atoms with Gasteiger partial charge in [0.05, 0.1) is 29.4 Å². The van der Waals surface area contributed by atoms with Gasteiger partial charge in [-0.2, -0.15) is 0 Å². The van der Waals surface area contributed by atoms with E-state index in [2.05, 4.69) is 44.2 Å². The van der Waals surface area contributed by atoms with Crippen molar-refractivity contribution in [1.29, 1.82) is 0 Å². The molecular weight excluding hydrogens is 514 g/mol. The lowest BCUT2D eigenvalue weighted by Crippen LogP contribution is -2.45. The highest BCUT2D eigenvalue weighted by atomic mass is 32.2. The van der Waals surface area contributed by atoms with Gasteiger partial charge in [0.1, 0.15) is 5.75 Å². The standard InChI is InChI=1S/C29H37N5O4S/c1-30-39(35,36)27-10-5-9-26(20-27)37-18-6-14-31-25-21-29(38-22-25)12-16-34(17-13-29)28-32-15-11-24(33-28)19-23-7-3-2-4-8-23/h2-5,7-11,15,20,25,30-31H,6,12-14,16-19,21-22H2,1H3/t25-/m1/s1. The predicted octanol–water partition coefficient (Wildman–Crippen LogP) is 3.16. The Balaban J connectivity index is 1.03. The number of nitrogens with one attached hydrogen (secondary N) is 2. The van der Waals surface area contributed by atoms with Crippen molar-refractivity contribution in [3.8, 4) is 5.75 Å². The van der Waals surface area contributed by atoms with Crippen LogP contribution in [0.3, 0.4) is 0 Å². The molecule has 1 atom stereocenters. The number of hydrogen-bond donors (Lipinski definition) is 2. The van der Waals surface area contributed by atoms with Crippen molar-refractivity contribution in [2.45, 2.75) is 48.6 Å². The fourth-order valence-electron chi connectivity index (χ4n) is 5.30. The average molecular weight is 552 g/mol. The molecule has 1 aromatic heterocycles. The summed E-state index contributed by atoms with van der Waals surface area (Å²) in [5, 5.41) is 3.61. The molecule has 2 aliphatic rings.